The minimum absolute atomic E-state index is 0.297. The van der Waals surface area contributed by atoms with Gasteiger partial charge in [-0.1, -0.05) is 18.2 Å². The number of nitrogens with one attached hydrogen (secondary N) is 1. The van der Waals surface area contributed by atoms with E-state index < -0.39 is 0 Å². The van der Waals surface area contributed by atoms with Crippen LogP contribution in [-0.4, -0.2) is 17.2 Å². The Hall–Kier alpha value is -1.94. The van der Waals surface area contributed by atoms with Crippen LogP contribution in [0.25, 0.3) is 21.8 Å². The summed E-state index contributed by atoms with van der Waals surface area (Å²) in [6.45, 7) is 1.42. The largest absolute Gasteiger partial charge is 0.426 e. The van der Waals surface area contributed by atoms with Gasteiger partial charge in [-0.3, -0.25) is 4.79 Å². The monoisotopic (exact) mass is 271 g/mol. The number of hydrogen-bond acceptors (Lipinski definition) is 3. The SMILES string of the molecule is CSc1c(OC(C)=O)ccc2[nH]c3ccccc3c12. The predicted octanol–water partition coefficient (Wildman–Crippen LogP) is 3.97. The molecule has 0 bridgehead atoms. The fourth-order valence-electron chi connectivity index (χ4n) is 2.33. The molecule has 1 aromatic heterocycles. The molecule has 0 aliphatic carbocycles. The van der Waals surface area contributed by atoms with Crippen LogP contribution < -0.4 is 4.74 Å². The highest BCUT2D eigenvalue weighted by molar-refractivity contribution is 7.99. The molecule has 0 saturated carbocycles. The minimum atomic E-state index is -0.297. The summed E-state index contributed by atoms with van der Waals surface area (Å²) < 4.78 is 5.29. The molecule has 1 heterocycles. The van der Waals surface area contributed by atoms with Gasteiger partial charge in [0.2, 0.25) is 0 Å². The first kappa shape index (κ1) is 12.1. The Morgan fingerprint density at radius 2 is 1.95 bits per heavy atom. The highest BCUT2D eigenvalue weighted by Crippen LogP contribution is 2.39. The smallest absolute Gasteiger partial charge is 0.308 e. The summed E-state index contributed by atoms with van der Waals surface area (Å²) in [7, 11) is 0. The standard InChI is InChI=1S/C15H13NO2S/c1-9(17)18-13-8-7-12-14(15(13)19-2)10-5-3-4-6-11(10)16-12/h3-8,16H,1-2H3. The molecule has 0 saturated heterocycles. The van der Waals surface area contributed by atoms with Crippen molar-refractivity contribution in [3.05, 3.63) is 36.4 Å². The van der Waals surface area contributed by atoms with Crippen molar-refractivity contribution in [3.63, 3.8) is 0 Å². The lowest BCUT2D eigenvalue weighted by Gasteiger charge is -2.08. The Bertz CT molecular complexity index is 776. The Morgan fingerprint density at radius 3 is 2.68 bits per heavy atom. The lowest BCUT2D eigenvalue weighted by atomic mass is 10.1. The second-order valence-electron chi connectivity index (χ2n) is 4.28. The number of esters is 1. The van der Waals surface area contributed by atoms with Gasteiger partial charge in [-0.05, 0) is 24.5 Å². The van der Waals surface area contributed by atoms with Crippen LogP contribution in [0.1, 0.15) is 6.92 Å². The summed E-state index contributed by atoms with van der Waals surface area (Å²) in [6, 6.07) is 11.9. The van der Waals surface area contributed by atoms with Crippen LogP contribution in [-0.2, 0) is 4.79 Å². The molecule has 0 aliphatic rings. The molecule has 4 heteroatoms. The molecule has 0 unspecified atom stereocenters. The maximum atomic E-state index is 11.2. The number of carbonyl (C=O) groups excluding carboxylic acids is 1. The molecule has 0 fully saturated rings. The van der Waals surface area contributed by atoms with Gasteiger partial charge in [0.15, 0.2) is 0 Å². The third-order valence-electron chi connectivity index (χ3n) is 3.05. The minimum Gasteiger partial charge on any atom is -0.426 e. The summed E-state index contributed by atoms with van der Waals surface area (Å²) in [6.07, 6.45) is 1.99. The van der Waals surface area contributed by atoms with Crippen LogP contribution in [0.15, 0.2) is 41.3 Å². The Balaban J connectivity index is 2.37. The van der Waals surface area contributed by atoms with Gasteiger partial charge >= 0.3 is 5.97 Å². The zero-order valence-corrected chi connectivity index (χ0v) is 11.5. The Labute approximate surface area is 114 Å². The maximum absolute atomic E-state index is 11.2. The van der Waals surface area contributed by atoms with E-state index in [9.17, 15) is 4.79 Å². The third kappa shape index (κ3) is 1.98. The van der Waals surface area contributed by atoms with Gasteiger partial charge in [-0.15, -0.1) is 11.8 Å². The highest BCUT2D eigenvalue weighted by Gasteiger charge is 2.14. The van der Waals surface area contributed by atoms with Gasteiger partial charge in [-0.25, -0.2) is 0 Å². The Morgan fingerprint density at radius 1 is 1.16 bits per heavy atom. The number of aromatic nitrogens is 1. The molecule has 19 heavy (non-hydrogen) atoms. The van der Waals surface area contributed by atoms with Crippen LogP contribution in [0.2, 0.25) is 0 Å². The normalized spacial score (nSPS) is 11.1. The molecule has 3 rings (SSSR count). The molecule has 0 radical (unpaired) electrons. The average molecular weight is 271 g/mol. The fourth-order valence-corrected chi connectivity index (χ4v) is 3.06. The van der Waals surface area contributed by atoms with Crippen molar-refractivity contribution in [2.24, 2.45) is 0 Å². The lowest BCUT2D eigenvalue weighted by molar-refractivity contribution is -0.132. The molecule has 0 aliphatic heterocycles. The van der Waals surface area contributed by atoms with Crippen LogP contribution in [0.4, 0.5) is 0 Å². The molecular formula is C15H13NO2S. The first-order valence-electron chi connectivity index (χ1n) is 5.96. The topological polar surface area (TPSA) is 42.1 Å². The van der Waals surface area contributed by atoms with E-state index >= 15 is 0 Å². The molecule has 1 N–H and O–H groups in total. The molecule has 96 valence electrons. The molecule has 0 atom stereocenters. The number of aromatic amines is 1. The van der Waals surface area contributed by atoms with Crippen molar-refractivity contribution >= 4 is 39.5 Å². The van der Waals surface area contributed by atoms with Gasteiger partial charge < -0.3 is 9.72 Å². The van der Waals surface area contributed by atoms with Gasteiger partial charge in [-0.2, -0.15) is 0 Å². The van der Waals surface area contributed by atoms with Crippen LogP contribution in [0, 0.1) is 0 Å². The van der Waals surface area contributed by atoms with E-state index in [4.69, 9.17) is 4.74 Å². The number of hydrogen-bond donors (Lipinski definition) is 1. The summed E-state index contributed by atoms with van der Waals surface area (Å²) in [5.41, 5.74) is 2.15. The molecule has 3 aromatic rings. The van der Waals surface area contributed by atoms with Gasteiger partial charge in [0.05, 0.1) is 4.90 Å². The number of ether oxygens (including phenoxy) is 1. The zero-order valence-electron chi connectivity index (χ0n) is 10.7. The highest BCUT2D eigenvalue weighted by atomic mass is 32.2. The van der Waals surface area contributed by atoms with Crippen molar-refractivity contribution in [2.45, 2.75) is 11.8 Å². The fraction of sp³-hybridized carbons (Fsp3) is 0.133. The van der Waals surface area contributed by atoms with Crippen molar-refractivity contribution in [1.82, 2.24) is 4.98 Å². The van der Waals surface area contributed by atoms with E-state index in [0.29, 0.717) is 5.75 Å². The van der Waals surface area contributed by atoms with E-state index in [1.54, 1.807) is 11.8 Å². The second kappa shape index (κ2) is 4.63. The first-order chi connectivity index (χ1) is 9.20. The molecule has 2 aromatic carbocycles. The van der Waals surface area contributed by atoms with E-state index in [1.807, 2.05) is 36.6 Å². The third-order valence-corrected chi connectivity index (χ3v) is 3.86. The Kier molecular flexibility index (Phi) is 2.95. The molecule has 3 nitrogen and oxygen atoms in total. The number of fused-ring (bicyclic) bond motifs is 3. The maximum Gasteiger partial charge on any atom is 0.308 e. The number of H-pyrrole nitrogens is 1. The van der Waals surface area contributed by atoms with Crippen LogP contribution >= 0.6 is 11.8 Å². The first-order valence-corrected chi connectivity index (χ1v) is 7.19. The number of para-hydroxylation sites is 1. The summed E-state index contributed by atoms with van der Waals surface area (Å²) in [4.78, 5) is 15.6. The predicted molar refractivity (Wildman–Crippen MR) is 78.9 cm³/mol. The lowest BCUT2D eigenvalue weighted by Crippen LogP contribution is -2.02. The van der Waals surface area contributed by atoms with Gasteiger partial charge in [0.1, 0.15) is 5.75 Å². The average Bonchev–Trinajstić information content (AvgIpc) is 2.77. The van der Waals surface area contributed by atoms with E-state index in [-0.39, 0.29) is 5.97 Å². The quantitative estimate of drug-likeness (QED) is 0.435. The number of thioether (sulfide) groups is 1. The van der Waals surface area contributed by atoms with Crippen LogP contribution in [0.3, 0.4) is 0 Å². The van der Waals surface area contributed by atoms with Crippen LogP contribution in [0.5, 0.6) is 5.75 Å². The number of benzene rings is 2. The number of rotatable bonds is 2. The van der Waals surface area contributed by atoms with Crippen molar-refractivity contribution in [1.29, 1.82) is 0 Å². The molecule has 0 amide bonds. The zero-order chi connectivity index (χ0) is 13.4. The summed E-state index contributed by atoms with van der Waals surface area (Å²) in [5, 5.41) is 2.26. The van der Waals surface area contributed by atoms with Crippen molar-refractivity contribution in [3.8, 4) is 5.75 Å². The van der Waals surface area contributed by atoms with Crippen molar-refractivity contribution in [2.75, 3.05) is 6.26 Å². The second-order valence-corrected chi connectivity index (χ2v) is 5.10. The summed E-state index contributed by atoms with van der Waals surface area (Å²) in [5.74, 6) is 0.326. The van der Waals surface area contributed by atoms with Gasteiger partial charge in [0, 0.05) is 28.7 Å². The molecular weight excluding hydrogens is 258 g/mol. The van der Waals surface area contributed by atoms with Gasteiger partial charge in [0.25, 0.3) is 0 Å². The van der Waals surface area contributed by atoms with Crippen molar-refractivity contribution < 1.29 is 9.53 Å². The van der Waals surface area contributed by atoms with E-state index in [2.05, 4.69) is 11.1 Å². The van der Waals surface area contributed by atoms with E-state index in [0.717, 1.165) is 26.7 Å². The van der Waals surface area contributed by atoms with E-state index in [1.165, 1.54) is 6.92 Å². The number of carbonyl (C=O) groups is 1. The molecule has 0 spiro atoms. The summed E-state index contributed by atoms with van der Waals surface area (Å²) >= 11 is 1.59.